The van der Waals surface area contributed by atoms with E-state index in [1.807, 2.05) is 6.07 Å². The number of carbonyl (C=O) groups is 1. The Morgan fingerprint density at radius 2 is 2.21 bits per heavy atom. The zero-order chi connectivity index (χ0) is 17.5. The van der Waals surface area contributed by atoms with Gasteiger partial charge in [0.2, 0.25) is 5.88 Å². The number of ether oxygens (including phenoxy) is 2. The molecule has 0 atom stereocenters. The molecule has 2 heterocycles. The Labute approximate surface area is 139 Å². The van der Waals surface area contributed by atoms with Crippen LogP contribution >= 0.6 is 0 Å². The molecule has 0 saturated heterocycles. The zero-order valence-electron chi connectivity index (χ0n) is 13.4. The fourth-order valence-electron chi connectivity index (χ4n) is 1.98. The minimum absolute atomic E-state index is 0.157. The van der Waals surface area contributed by atoms with E-state index >= 15 is 0 Å². The van der Waals surface area contributed by atoms with Crippen LogP contribution in [0.25, 0.3) is 5.70 Å². The number of aldehydes is 1. The molecule has 2 rings (SSSR count). The van der Waals surface area contributed by atoms with Gasteiger partial charge in [0.1, 0.15) is 12.4 Å². The van der Waals surface area contributed by atoms with Gasteiger partial charge >= 0.3 is 0 Å². The van der Waals surface area contributed by atoms with Crippen LogP contribution in [-0.2, 0) is 6.61 Å². The lowest BCUT2D eigenvalue weighted by molar-refractivity contribution is 0.111. The maximum atomic E-state index is 11.2. The van der Waals surface area contributed by atoms with Crippen LogP contribution in [0.4, 0.5) is 0 Å². The molecule has 124 valence electrons. The number of aromatic nitrogens is 2. The van der Waals surface area contributed by atoms with Crippen molar-refractivity contribution in [3.05, 3.63) is 53.0 Å². The van der Waals surface area contributed by atoms with Crippen molar-refractivity contribution < 1.29 is 14.3 Å². The summed E-state index contributed by atoms with van der Waals surface area (Å²) < 4.78 is 10.7. The van der Waals surface area contributed by atoms with Gasteiger partial charge in [-0.3, -0.25) is 9.78 Å². The summed E-state index contributed by atoms with van der Waals surface area (Å²) in [5.74, 6) is 0.673. The number of nitrogens with one attached hydrogen (secondary N) is 1. The van der Waals surface area contributed by atoms with Gasteiger partial charge in [-0.25, -0.2) is 4.98 Å². The summed E-state index contributed by atoms with van der Waals surface area (Å²) in [6.45, 7) is 1.89. The number of nitrogens with zero attached hydrogens (tertiary/aromatic N) is 2. The lowest BCUT2D eigenvalue weighted by Crippen LogP contribution is -2.09. The van der Waals surface area contributed by atoms with Gasteiger partial charge in [-0.2, -0.15) is 0 Å². The smallest absolute Gasteiger partial charge is 0.213 e. The van der Waals surface area contributed by atoms with Gasteiger partial charge in [-0.15, -0.1) is 0 Å². The lowest BCUT2D eigenvalue weighted by atomic mass is 10.1. The molecule has 2 aromatic heterocycles. The van der Waals surface area contributed by atoms with E-state index < -0.39 is 0 Å². The van der Waals surface area contributed by atoms with Crippen LogP contribution in [0.1, 0.15) is 28.5 Å². The molecule has 0 bridgehead atoms. The van der Waals surface area contributed by atoms with E-state index in [1.165, 1.54) is 25.6 Å². The molecular formula is C17H18N4O3. The van der Waals surface area contributed by atoms with E-state index in [2.05, 4.69) is 9.97 Å². The van der Waals surface area contributed by atoms with Crippen molar-refractivity contribution >= 4 is 18.2 Å². The second-order valence-corrected chi connectivity index (χ2v) is 4.92. The number of hydrogen-bond donors (Lipinski definition) is 2. The Bertz CT molecular complexity index is 787. The summed E-state index contributed by atoms with van der Waals surface area (Å²) >= 11 is 0. The second-order valence-electron chi connectivity index (χ2n) is 4.92. The topological polar surface area (TPSA) is 111 Å². The van der Waals surface area contributed by atoms with Crippen molar-refractivity contribution in [2.75, 3.05) is 7.11 Å². The number of nitrogens with two attached hydrogens (primary N) is 1. The average Bonchev–Trinajstić information content (AvgIpc) is 2.65. The number of pyridine rings is 2. The molecule has 0 spiro atoms. The second kappa shape index (κ2) is 7.87. The third kappa shape index (κ3) is 3.75. The predicted octanol–water partition coefficient (Wildman–Crippen LogP) is 2.22. The average molecular weight is 326 g/mol. The van der Waals surface area contributed by atoms with Crippen molar-refractivity contribution in [3.8, 4) is 11.6 Å². The van der Waals surface area contributed by atoms with Crippen molar-refractivity contribution in [3.63, 3.8) is 0 Å². The summed E-state index contributed by atoms with van der Waals surface area (Å²) in [5.41, 5.74) is 8.68. The van der Waals surface area contributed by atoms with Gasteiger partial charge in [0, 0.05) is 24.0 Å². The standard InChI is InChI=1S/C17H18N4O3/c1-11(7-18)16(19)17-12(4-3-5-20-17)10-24-14-8-21-15(23-2)6-13(14)9-22/h3-9,18H,10,19H2,1-2H3. The molecule has 7 nitrogen and oxygen atoms in total. The molecule has 0 aliphatic heterocycles. The number of methoxy groups -OCH3 is 1. The van der Waals surface area contributed by atoms with Crippen LogP contribution in [0.3, 0.4) is 0 Å². The van der Waals surface area contributed by atoms with Gasteiger partial charge in [-0.1, -0.05) is 6.07 Å². The Morgan fingerprint density at radius 3 is 2.88 bits per heavy atom. The lowest BCUT2D eigenvalue weighted by Gasteiger charge is -2.12. The fraction of sp³-hybridized carbons (Fsp3) is 0.176. The first-order chi connectivity index (χ1) is 11.6. The minimum Gasteiger partial charge on any atom is -0.486 e. The maximum Gasteiger partial charge on any atom is 0.213 e. The highest BCUT2D eigenvalue weighted by atomic mass is 16.5. The summed E-state index contributed by atoms with van der Waals surface area (Å²) in [4.78, 5) is 19.5. The number of allylic oxidation sites excluding steroid dienone is 1. The van der Waals surface area contributed by atoms with Crippen LogP contribution in [0.5, 0.6) is 11.6 Å². The van der Waals surface area contributed by atoms with E-state index in [0.29, 0.717) is 40.4 Å². The summed E-state index contributed by atoms with van der Waals surface area (Å²) in [7, 11) is 1.47. The fourth-order valence-corrected chi connectivity index (χ4v) is 1.98. The Balaban J connectivity index is 2.28. The van der Waals surface area contributed by atoms with Gasteiger partial charge in [-0.05, 0) is 18.6 Å². The third-order valence-corrected chi connectivity index (χ3v) is 3.38. The van der Waals surface area contributed by atoms with Crippen LogP contribution in [0.15, 0.2) is 36.2 Å². The van der Waals surface area contributed by atoms with Gasteiger partial charge < -0.3 is 20.6 Å². The van der Waals surface area contributed by atoms with E-state index in [-0.39, 0.29) is 6.61 Å². The summed E-state index contributed by atoms with van der Waals surface area (Å²) in [6.07, 6.45) is 4.90. The van der Waals surface area contributed by atoms with Gasteiger partial charge in [0.05, 0.1) is 30.3 Å². The first kappa shape index (κ1) is 17.1. The van der Waals surface area contributed by atoms with Crippen molar-refractivity contribution in [2.24, 2.45) is 5.73 Å². The van der Waals surface area contributed by atoms with Crippen molar-refractivity contribution in [2.45, 2.75) is 13.5 Å². The highest BCUT2D eigenvalue weighted by Gasteiger charge is 2.11. The van der Waals surface area contributed by atoms with Gasteiger partial charge in [0.25, 0.3) is 0 Å². The maximum absolute atomic E-state index is 11.2. The first-order valence-electron chi connectivity index (χ1n) is 7.13. The molecular weight excluding hydrogens is 308 g/mol. The number of carbonyl (C=O) groups excluding carboxylic acids is 1. The number of hydrogen-bond acceptors (Lipinski definition) is 7. The van der Waals surface area contributed by atoms with E-state index in [1.54, 1.807) is 19.2 Å². The van der Waals surface area contributed by atoms with E-state index in [4.69, 9.17) is 20.6 Å². The normalized spacial score (nSPS) is 11.4. The molecule has 2 aromatic rings. The summed E-state index contributed by atoms with van der Waals surface area (Å²) in [6, 6.07) is 5.09. The molecule has 0 unspecified atom stereocenters. The molecule has 0 aliphatic rings. The molecule has 0 fully saturated rings. The van der Waals surface area contributed by atoms with E-state index in [0.717, 1.165) is 5.56 Å². The number of rotatable bonds is 7. The molecule has 0 amide bonds. The Morgan fingerprint density at radius 1 is 1.42 bits per heavy atom. The van der Waals surface area contributed by atoms with Crippen molar-refractivity contribution in [1.82, 2.24) is 9.97 Å². The SMILES string of the molecule is COc1cc(C=O)c(OCc2cccnc2C(N)=C(C)C=N)cn1. The molecule has 0 saturated carbocycles. The summed E-state index contributed by atoms with van der Waals surface area (Å²) in [5, 5.41) is 7.31. The van der Waals surface area contributed by atoms with Crippen LogP contribution in [0.2, 0.25) is 0 Å². The minimum atomic E-state index is 0.157. The molecule has 0 aliphatic carbocycles. The molecule has 3 N–H and O–H groups in total. The Hall–Kier alpha value is -3.22. The molecule has 0 radical (unpaired) electrons. The van der Waals surface area contributed by atoms with Crippen LogP contribution in [-0.4, -0.2) is 29.6 Å². The monoisotopic (exact) mass is 326 g/mol. The molecule has 24 heavy (non-hydrogen) atoms. The van der Waals surface area contributed by atoms with Crippen LogP contribution < -0.4 is 15.2 Å². The predicted molar refractivity (Wildman–Crippen MR) is 90.3 cm³/mol. The van der Waals surface area contributed by atoms with Crippen molar-refractivity contribution in [1.29, 1.82) is 5.41 Å². The highest BCUT2D eigenvalue weighted by Crippen LogP contribution is 2.22. The quantitative estimate of drug-likeness (QED) is 0.596. The van der Waals surface area contributed by atoms with Crippen LogP contribution in [0, 0.1) is 5.41 Å². The van der Waals surface area contributed by atoms with E-state index in [9.17, 15) is 4.79 Å². The largest absolute Gasteiger partial charge is 0.486 e. The van der Waals surface area contributed by atoms with Gasteiger partial charge in [0.15, 0.2) is 6.29 Å². The zero-order valence-corrected chi connectivity index (χ0v) is 13.4. The third-order valence-electron chi connectivity index (χ3n) is 3.38. The highest BCUT2D eigenvalue weighted by molar-refractivity contribution is 5.87. The Kier molecular flexibility index (Phi) is 5.62. The first-order valence-corrected chi connectivity index (χ1v) is 7.13. The molecule has 7 heteroatoms. The molecule has 0 aromatic carbocycles.